The lowest BCUT2D eigenvalue weighted by atomic mass is 10.00. The molecule has 278 valence electrons. The number of alkyl halides is 3. The zero-order chi connectivity index (χ0) is 55.4. The van der Waals surface area contributed by atoms with Crippen LogP contribution in [0.25, 0.3) is 22.0 Å². The van der Waals surface area contributed by atoms with Gasteiger partial charge < -0.3 is 19.1 Å². The van der Waals surface area contributed by atoms with Gasteiger partial charge in [-0.05, 0) is 72.2 Å². The monoisotopic (exact) mass is 769 g/mol. The van der Waals surface area contributed by atoms with Crippen LogP contribution >= 0.6 is 11.8 Å². The number of pyridine rings is 1. The number of rotatable bonds is 12. The number of thioether (sulfide) groups is 1. The molecule has 1 saturated heterocycles. The Morgan fingerprint density at radius 2 is 1.75 bits per heavy atom. The van der Waals surface area contributed by atoms with E-state index in [0.29, 0.717) is 16.3 Å². The van der Waals surface area contributed by atoms with Crippen LogP contribution in [0.15, 0.2) is 101 Å². The van der Waals surface area contributed by atoms with Crippen LogP contribution < -0.4 is 5.43 Å². The van der Waals surface area contributed by atoms with Crippen molar-refractivity contribution in [3.05, 3.63) is 135 Å². The Morgan fingerprint density at radius 1 is 1.06 bits per heavy atom. The van der Waals surface area contributed by atoms with Gasteiger partial charge in [0.2, 0.25) is 5.91 Å². The van der Waals surface area contributed by atoms with Crippen LogP contribution in [0, 0.1) is 18.6 Å². The Bertz CT molecular complexity index is 3020. The van der Waals surface area contributed by atoms with Crippen molar-refractivity contribution in [1.29, 1.82) is 0 Å². The summed E-state index contributed by atoms with van der Waals surface area (Å²) < 4.78 is 251. The normalized spacial score (nSPS) is 24.9. The average molecular weight is 770 g/mol. The third-order valence-corrected chi connectivity index (χ3v) is 8.63. The molecule has 53 heavy (non-hydrogen) atoms. The van der Waals surface area contributed by atoms with E-state index in [2.05, 4.69) is 4.74 Å². The zero-order valence-corrected chi connectivity index (χ0v) is 28.2. The van der Waals surface area contributed by atoms with E-state index >= 15 is 9.18 Å². The number of likely N-dealkylation sites (tertiary alicyclic amines) is 1. The number of halogens is 5. The lowest BCUT2D eigenvalue weighted by Gasteiger charge is -2.39. The maximum atomic E-state index is 15.5. The van der Waals surface area contributed by atoms with Gasteiger partial charge in [-0.3, -0.25) is 9.59 Å². The zero-order valence-electron chi connectivity index (χ0n) is 47.3. The number of hydrogen-bond acceptors (Lipinski definition) is 5. The van der Waals surface area contributed by atoms with Gasteiger partial charge in [-0.1, -0.05) is 54.6 Å². The molecule has 1 fully saturated rings. The Balaban J connectivity index is 1.66. The third-order valence-electron chi connectivity index (χ3n) is 7.58. The lowest BCUT2D eigenvalue weighted by Crippen LogP contribution is -2.48. The van der Waals surface area contributed by atoms with Crippen molar-refractivity contribution in [1.82, 2.24) is 14.4 Å². The number of carbonyl (C=O) groups is 1. The summed E-state index contributed by atoms with van der Waals surface area (Å²) in [5.74, 6) is -5.45. The van der Waals surface area contributed by atoms with Gasteiger partial charge in [0, 0.05) is 75.5 Å². The van der Waals surface area contributed by atoms with Crippen LogP contribution in [-0.2, 0) is 34.5 Å². The van der Waals surface area contributed by atoms with Crippen LogP contribution in [0.1, 0.15) is 62.4 Å². The molecule has 4 aromatic carbocycles. The number of piperidine rings is 1. The van der Waals surface area contributed by atoms with Gasteiger partial charge in [0.15, 0.2) is 17.1 Å². The summed E-state index contributed by atoms with van der Waals surface area (Å²) in [5.41, 5.74) is -4.51. The fraction of sp³-hybridized carbons (Fsp3) is 0.317. The van der Waals surface area contributed by atoms with Crippen LogP contribution in [0.3, 0.4) is 0 Å². The van der Waals surface area contributed by atoms with Gasteiger partial charge in [0.1, 0.15) is 6.54 Å². The van der Waals surface area contributed by atoms with Crippen molar-refractivity contribution in [2.24, 2.45) is 0 Å². The average Bonchev–Trinajstić information content (AvgIpc) is 3.27. The number of hydrogen-bond donors (Lipinski definition) is 0. The van der Waals surface area contributed by atoms with E-state index in [1.165, 1.54) is 0 Å². The molecule has 12 heteroatoms. The van der Waals surface area contributed by atoms with Crippen LogP contribution in [0.2, 0.25) is 0 Å². The summed E-state index contributed by atoms with van der Waals surface area (Å²) in [6.07, 6.45) is -13.9. The number of aromatic nitrogens is 1. The van der Waals surface area contributed by atoms with Gasteiger partial charge in [-0.2, -0.15) is 13.2 Å². The Labute approximate surface area is 337 Å². The minimum Gasteiger partial charge on any atom is -0.383 e. The number of carbonyl (C=O) groups excluding carboxylic acids is 1. The van der Waals surface area contributed by atoms with Crippen molar-refractivity contribution < 1.29 is 58.9 Å². The first-order valence-corrected chi connectivity index (χ1v) is 16.4. The van der Waals surface area contributed by atoms with Crippen molar-refractivity contribution in [2.45, 2.75) is 55.7 Å². The van der Waals surface area contributed by atoms with Crippen molar-refractivity contribution in [3.8, 4) is 11.1 Å². The van der Waals surface area contributed by atoms with E-state index in [0.717, 1.165) is 73.7 Å². The summed E-state index contributed by atoms with van der Waals surface area (Å²) in [4.78, 5) is 28.2. The number of methoxy groups -OCH3 is 1. The number of benzene rings is 4. The molecule has 1 aromatic heterocycles. The first-order valence-electron chi connectivity index (χ1n) is 25.4. The van der Waals surface area contributed by atoms with Gasteiger partial charge in [-0.15, -0.1) is 11.8 Å². The molecule has 1 aliphatic rings. The Kier molecular flexibility index (Phi) is 6.36. The van der Waals surface area contributed by atoms with Crippen molar-refractivity contribution in [2.75, 3.05) is 33.1 Å². The first kappa shape index (κ1) is 20.2. The Hall–Kier alpha value is -4.52. The largest absolute Gasteiger partial charge is 0.416 e. The second kappa shape index (κ2) is 16.7. The smallest absolute Gasteiger partial charge is 0.383 e. The second-order valence-corrected chi connectivity index (χ2v) is 12.1. The van der Waals surface area contributed by atoms with E-state index in [-0.39, 0.29) is 16.7 Å². The van der Waals surface area contributed by atoms with Gasteiger partial charge in [0.25, 0.3) is 0 Å². The maximum Gasteiger partial charge on any atom is 0.416 e. The molecular formula is C41H40F5N3O3S. The molecule has 0 bridgehead atoms. The number of ether oxygens (including phenoxy) is 1. The molecule has 6 rings (SSSR count). The predicted octanol–water partition coefficient (Wildman–Crippen LogP) is 8.71. The molecule has 2 heterocycles. The first-order chi connectivity index (χ1) is 33.1. The fourth-order valence-corrected chi connectivity index (χ4v) is 5.98. The molecule has 0 saturated carbocycles. The van der Waals surface area contributed by atoms with Crippen molar-refractivity contribution in [3.63, 3.8) is 0 Å². The summed E-state index contributed by atoms with van der Waals surface area (Å²) in [7, 11) is -3.45. The topological polar surface area (TPSA) is 54.8 Å². The third kappa shape index (κ3) is 9.17. The van der Waals surface area contributed by atoms with E-state index in [4.69, 9.17) is 17.8 Å². The quantitative estimate of drug-likeness (QED) is 0.0940. The molecule has 6 nitrogen and oxygen atoms in total. The van der Waals surface area contributed by atoms with Crippen LogP contribution in [0.5, 0.6) is 0 Å². The SMILES string of the molecule is [2H]c1c(C)c([2H])c2c(c1[2H])c(=O)c([2H])c(SCc1cccc(F)c1F)n2CC(=O)N(C([2H])([2H])c1ccc(-c2ccc(C(F)(F)F)cc2)cc1)C1([2H])C([2H])([2H])C([2H])([2H])N(C([2H])([2H])COC([2H])([2H])[2H])C([2H])([2H])C1([2H])[2H]. The molecule has 0 spiro atoms. The molecule has 0 radical (unpaired) electrons. The molecule has 1 amide bonds. The van der Waals surface area contributed by atoms with E-state index in [9.17, 15) is 32.0 Å². The molecule has 0 aliphatic carbocycles. The maximum absolute atomic E-state index is 15.5. The van der Waals surface area contributed by atoms with Crippen LogP contribution in [-0.4, -0.2) is 59.4 Å². The molecular weight excluding hydrogens is 710 g/mol. The van der Waals surface area contributed by atoms with E-state index < -0.39 is 166 Å². The number of fused-ring (bicyclic) bond motifs is 1. The highest BCUT2D eigenvalue weighted by molar-refractivity contribution is 7.98. The summed E-state index contributed by atoms with van der Waals surface area (Å²) >= 11 is 0.341. The Morgan fingerprint density at radius 3 is 2.43 bits per heavy atom. The van der Waals surface area contributed by atoms with Crippen molar-refractivity contribution >= 4 is 28.6 Å². The van der Waals surface area contributed by atoms with Gasteiger partial charge in [0.05, 0.1) is 36.4 Å². The highest BCUT2D eigenvalue weighted by Gasteiger charge is 2.31. The van der Waals surface area contributed by atoms with E-state index in [1.54, 1.807) is 0 Å². The standard InChI is InChI=1S/C41H40F5N3O3S/c1-27-6-15-34-36(22-27)49(39(23-37(34)50)53-26-31-4-3-5-35(42)40(31)43)25-38(51)48(33-16-18-47(19-17-33)20-21-52-2)24-28-7-9-29(10-8-28)30-11-13-32(14-12-30)41(44,45)46/h3-15,22-23,33H,16-21,24-26H2,1-2H3/i2D3,6D,15D,16D2,17D2,18D2,19D2,20D2,22D,23D,24D2,33D. The summed E-state index contributed by atoms with van der Waals surface area (Å²) in [6, 6.07) is 2.17. The minimum atomic E-state index is -4.73. The fourth-order valence-electron chi connectivity index (χ4n) is 4.98. The predicted molar refractivity (Wildman–Crippen MR) is 198 cm³/mol. The molecule has 1 aliphatic heterocycles. The number of nitrogens with zero attached hydrogens (tertiary/aromatic N) is 3. The lowest BCUT2D eigenvalue weighted by molar-refractivity contribution is -0.137. The van der Waals surface area contributed by atoms with E-state index in [1.807, 2.05) is 0 Å². The molecule has 0 unspecified atom stereocenters. The highest BCUT2D eigenvalue weighted by atomic mass is 32.2. The van der Waals surface area contributed by atoms with Gasteiger partial charge >= 0.3 is 6.18 Å². The van der Waals surface area contributed by atoms with Crippen LogP contribution in [0.4, 0.5) is 22.0 Å². The second-order valence-electron chi connectivity index (χ2n) is 11.2. The number of amides is 1. The molecule has 0 atom stereocenters. The minimum absolute atomic E-state index is 0.0808. The highest BCUT2D eigenvalue weighted by Crippen LogP contribution is 2.32. The summed E-state index contributed by atoms with van der Waals surface area (Å²) in [5, 5.41) is -1.60. The summed E-state index contributed by atoms with van der Waals surface area (Å²) in [6.45, 7) is -18.9. The molecule has 5 aromatic rings. The van der Waals surface area contributed by atoms with Gasteiger partial charge in [-0.25, -0.2) is 8.78 Å². The molecule has 0 N–H and O–H groups in total.